The predicted octanol–water partition coefficient (Wildman–Crippen LogP) is 0.544. The summed E-state index contributed by atoms with van der Waals surface area (Å²) in [5.74, 6) is 5.38. The molecule has 20 heavy (non-hydrogen) atoms. The van der Waals surface area contributed by atoms with Crippen molar-refractivity contribution in [1.29, 1.82) is 0 Å². The van der Waals surface area contributed by atoms with E-state index in [1.165, 1.54) is 12.8 Å². The first-order valence-electron chi connectivity index (χ1n) is 6.90. The van der Waals surface area contributed by atoms with Crippen LogP contribution in [0.25, 0.3) is 0 Å². The van der Waals surface area contributed by atoms with Crippen molar-refractivity contribution in [3.8, 4) is 0 Å². The fraction of sp³-hybridized carbons (Fsp3) is 0.571. The van der Waals surface area contributed by atoms with Crippen LogP contribution in [-0.2, 0) is 11.3 Å². The maximum atomic E-state index is 11.3. The molecule has 0 spiro atoms. The molecule has 6 heteroatoms. The number of carbonyl (C=O) groups is 1. The van der Waals surface area contributed by atoms with Crippen LogP contribution in [-0.4, -0.2) is 42.6 Å². The van der Waals surface area contributed by atoms with Gasteiger partial charge in [-0.1, -0.05) is 0 Å². The molecule has 1 aromatic rings. The highest BCUT2D eigenvalue weighted by Crippen LogP contribution is 2.18. The van der Waals surface area contributed by atoms with Gasteiger partial charge in [0.05, 0.1) is 17.9 Å². The highest BCUT2D eigenvalue weighted by molar-refractivity contribution is 5.93. The van der Waals surface area contributed by atoms with Crippen molar-refractivity contribution in [2.45, 2.75) is 19.4 Å². The van der Waals surface area contributed by atoms with E-state index in [2.05, 4.69) is 15.3 Å². The number of methoxy groups -OCH3 is 1. The predicted molar refractivity (Wildman–Crippen MR) is 75.8 cm³/mol. The van der Waals surface area contributed by atoms with Gasteiger partial charge in [-0.25, -0.2) is 5.84 Å². The van der Waals surface area contributed by atoms with E-state index in [0.29, 0.717) is 11.5 Å². The number of nitrogens with one attached hydrogen (secondary N) is 1. The molecule has 6 nitrogen and oxygen atoms in total. The van der Waals surface area contributed by atoms with Gasteiger partial charge < -0.3 is 4.74 Å². The first-order valence-corrected chi connectivity index (χ1v) is 6.90. The average Bonchev–Trinajstić information content (AvgIpc) is 2.48. The Morgan fingerprint density at radius 2 is 2.45 bits per heavy atom. The topological polar surface area (TPSA) is 80.5 Å². The molecule has 1 aliphatic heterocycles. The molecule has 1 aromatic heterocycles. The van der Waals surface area contributed by atoms with Gasteiger partial charge in [0, 0.05) is 26.4 Å². The van der Waals surface area contributed by atoms with Crippen molar-refractivity contribution >= 4 is 5.91 Å². The molecular weight excluding hydrogens is 256 g/mol. The van der Waals surface area contributed by atoms with Gasteiger partial charge in [0.25, 0.3) is 5.91 Å². The van der Waals surface area contributed by atoms with Crippen molar-refractivity contribution in [2.24, 2.45) is 11.8 Å². The van der Waals surface area contributed by atoms with Crippen molar-refractivity contribution in [2.75, 3.05) is 26.8 Å². The van der Waals surface area contributed by atoms with Gasteiger partial charge >= 0.3 is 0 Å². The lowest BCUT2D eigenvalue weighted by molar-refractivity contribution is 0.0867. The second kappa shape index (κ2) is 7.33. The Hall–Kier alpha value is -1.50. The summed E-state index contributed by atoms with van der Waals surface area (Å²) in [4.78, 5) is 18.0. The van der Waals surface area contributed by atoms with Crippen LogP contribution in [0.15, 0.2) is 18.3 Å². The summed E-state index contributed by atoms with van der Waals surface area (Å²) in [5, 5.41) is 0. The smallest absolute Gasteiger partial charge is 0.266 e. The minimum atomic E-state index is -0.317. The molecule has 1 saturated heterocycles. The van der Waals surface area contributed by atoms with E-state index in [1.807, 2.05) is 6.07 Å². The van der Waals surface area contributed by atoms with Crippen molar-refractivity contribution in [3.63, 3.8) is 0 Å². The summed E-state index contributed by atoms with van der Waals surface area (Å²) in [6.45, 7) is 3.76. The number of likely N-dealkylation sites (tertiary alicyclic amines) is 1. The van der Waals surface area contributed by atoms with Gasteiger partial charge in [0.15, 0.2) is 0 Å². The zero-order chi connectivity index (χ0) is 14.4. The van der Waals surface area contributed by atoms with E-state index in [1.54, 1.807) is 19.4 Å². The van der Waals surface area contributed by atoms with E-state index < -0.39 is 0 Å². The van der Waals surface area contributed by atoms with E-state index >= 15 is 0 Å². The van der Waals surface area contributed by atoms with Gasteiger partial charge in [-0.05, 0) is 37.4 Å². The second-order valence-corrected chi connectivity index (χ2v) is 5.21. The summed E-state index contributed by atoms with van der Waals surface area (Å²) in [6, 6.07) is 3.63. The quantitative estimate of drug-likeness (QED) is 0.467. The summed E-state index contributed by atoms with van der Waals surface area (Å²) < 4.78 is 5.24. The number of hydrogen-bond donors (Lipinski definition) is 2. The van der Waals surface area contributed by atoms with E-state index in [4.69, 9.17) is 10.6 Å². The molecule has 1 atom stereocenters. The third-order valence-electron chi connectivity index (χ3n) is 3.61. The summed E-state index contributed by atoms with van der Waals surface area (Å²) >= 11 is 0. The number of nitrogens with zero attached hydrogens (tertiary/aromatic N) is 2. The Labute approximate surface area is 119 Å². The second-order valence-electron chi connectivity index (χ2n) is 5.21. The Balaban J connectivity index is 1.91. The lowest BCUT2D eigenvalue weighted by atomic mass is 9.99. The molecule has 3 N–H and O–H groups in total. The number of hydrogen-bond acceptors (Lipinski definition) is 5. The maximum Gasteiger partial charge on any atom is 0.266 e. The minimum Gasteiger partial charge on any atom is -0.384 e. The average molecular weight is 278 g/mol. The Morgan fingerprint density at radius 1 is 1.60 bits per heavy atom. The third-order valence-corrected chi connectivity index (χ3v) is 3.61. The first-order chi connectivity index (χ1) is 9.72. The van der Waals surface area contributed by atoms with Crippen molar-refractivity contribution in [3.05, 3.63) is 29.6 Å². The highest BCUT2D eigenvalue weighted by atomic mass is 16.5. The number of nitrogen functional groups attached to an aromatic ring is 1. The zero-order valence-electron chi connectivity index (χ0n) is 11.8. The van der Waals surface area contributed by atoms with E-state index in [-0.39, 0.29) is 5.91 Å². The van der Waals surface area contributed by atoms with Crippen LogP contribution < -0.4 is 11.3 Å². The monoisotopic (exact) mass is 278 g/mol. The molecule has 1 fully saturated rings. The lowest BCUT2D eigenvalue weighted by Gasteiger charge is -2.32. The van der Waals surface area contributed by atoms with Gasteiger partial charge in [-0.15, -0.1) is 0 Å². The molecule has 0 radical (unpaired) electrons. The van der Waals surface area contributed by atoms with Crippen LogP contribution in [0.3, 0.4) is 0 Å². The van der Waals surface area contributed by atoms with Crippen LogP contribution in [0.5, 0.6) is 0 Å². The SMILES string of the molecule is COCC1CCCN(Cc2ccc(C(=O)NN)cn2)C1. The zero-order valence-corrected chi connectivity index (χ0v) is 11.8. The van der Waals surface area contributed by atoms with Gasteiger partial charge in [-0.2, -0.15) is 0 Å². The van der Waals surface area contributed by atoms with Gasteiger partial charge in [-0.3, -0.25) is 20.1 Å². The number of hydrazine groups is 1. The van der Waals surface area contributed by atoms with Crippen molar-refractivity contribution < 1.29 is 9.53 Å². The van der Waals surface area contributed by atoms with E-state index in [9.17, 15) is 4.79 Å². The summed E-state index contributed by atoms with van der Waals surface area (Å²) in [5.41, 5.74) is 3.55. The number of rotatable bonds is 5. The van der Waals surface area contributed by atoms with Crippen LogP contribution >= 0.6 is 0 Å². The molecule has 110 valence electrons. The molecule has 0 saturated carbocycles. The fourth-order valence-corrected chi connectivity index (χ4v) is 2.63. The number of amides is 1. The van der Waals surface area contributed by atoms with Gasteiger partial charge in [0.1, 0.15) is 0 Å². The molecule has 0 aliphatic carbocycles. The Morgan fingerprint density at radius 3 is 3.10 bits per heavy atom. The largest absolute Gasteiger partial charge is 0.384 e. The first kappa shape index (κ1) is 14.9. The van der Waals surface area contributed by atoms with Crippen LogP contribution in [0.1, 0.15) is 28.9 Å². The highest BCUT2D eigenvalue weighted by Gasteiger charge is 2.20. The van der Waals surface area contributed by atoms with Crippen molar-refractivity contribution in [1.82, 2.24) is 15.3 Å². The molecule has 0 bridgehead atoms. The normalized spacial score (nSPS) is 19.8. The number of pyridine rings is 1. The van der Waals surface area contributed by atoms with E-state index in [0.717, 1.165) is 31.9 Å². The number of piperidine rings is 1. The van der Waals surface area contributed by atoms with Crippen LogP contribution in [0.4, 0.5) is 0 Å². The molecule has 1 unspecified atom stereocenters. The maximum absolute atomic E-state index is 11.3. The Bertz CT molecular complexity index is 433. The molecular formula is C14H22N4O2. The minimum absolute atomic E-state index is 0.317. The van der Waals surface area contributed by atoms with Crippen LogP contribution in [0, 0.1) is 5.92 Å². The van der Waals surface area contributed by atoms with Crippen LogP contribution in [0.2, 0.25) is 0 Å². The number of nitrogens with two attached hydrogens (primary N) is 1. The molecule has 1 aliphatic rings. The molecule has 1 amide bonds. The Kier molecular flexibility index (Phi) is 5.46. The lowest BCUT2D eigenvalue weighted by Crippen LogP contribution is -2.36. The molecule has 2 heterocycles. The molecule has 2 rings (SSSR count). The van der Waals surface area contributed by atoms with Gasteiger partial charge in [0.2, 0.25) is 0 Å². The standard InChI is InChI=1S/C14H22N4O2/c1-20-10-11-3-2-6-18(8-11)9-13-5-4-12(7-16-13)14(19)17-15/h4-5,7,11H,2-3,6,8-10,15H2,1H3,(H,17,19). The fourth-order valence-electron chi connectivity index (χ4n) is 2.63. The summed E-state index contributed by atoms with van der Waals surface area (Å²) in [7, 11) is 1.75. The third kappa shape index (κ3) is 4.00. The molecule has 0 aromatic carbocycles. The number of aromatic nitrogens is 1. The summed E-state index contributed by atoms with van der Waals surface area (Å²) in [6.07, 6.45) is 3.99. The number of carbonyl (C=O) groups excluding carboxylic acids is 1. The number of ether oxygens (including phenoxy) is 1.